The summed E-state index contributed by atoms with van der Waals surface area (Å²) in [5.41, 5.74) is 4.41. The molecule has 0 aromatic heterocycles. The fourth-order valence-electron chi connectivity index (χ4n) is 4.29. The fraction of sp³-hybridized carbons (Fsp3) is 0.296. The zero-order valence-corrected chi connectivity index (χ0v) is 18.5. The van der Waals surface area contributed by atoms with Crippen LogP contribution in [0.15, 0.2) is 77.9 Å². The minimum absolute atomic E-state index is 0.141. The van der Waals surface area contributed by atoms with Crippen LogP contribution in [-0.2, 0) is 0 Å². The molecular formula is C27H28N2O3. The topological polar surface area (TPSA) is 43.3 Å². The molecule has 0 radical (unpaired) electrons. The van der Waals surface area contributed by atoms with Gasteiger partial charge in [0, 0.05) is 17.5 Å². The largest absolute Gasteiger partial charge is 0.494 e. The summed E-state index contributed by atoms with van der Waals surface area (Å²) in [6.45, 7) is 5.48. The third-order valence-corrected chi connectivity index (χ3v) is 5.84. The molecule has 5 heteroatoms. The Morgan fingerprint density at radius 3 is 2.38 bits per heavy atom. The van der Waals surface area contributed by atoms with Crippen molar-refractivity contribution in [3.63, 3.8) is 0 Å². The molecule has 0 saturated heterocycles. The molecule has 32 heavy (non-hydrogen) atoms. The van der Waals surface area contributed by atoms with E-state index in [1.807, 2.05) is 43.3 Å². The lowest BCUT2D eigenvalue weighted by Crippen LogP contribution is -2.33. The predicted octanol–water partition coefficient (Wildman–Crippen LogP) is 6.12. The summed E-state index contributed by atoms with van der Waals surface area (Å²) >= 11 is 0. The van der Waals surface area contributed by atoms with Crippen molar-refractivity contribution in [3.05, 3.63) is 89.5 Å². The van der Waals surface area contributed by atoms with Crippen molar-refractivity contribution >= 4 is 5.71 Å². The van der Waals surface area contributed by atoms with Gasteiger partial charge in [-0.25, -0.2) is 5.01 Å². The Bertz CT molecular complexity index is 1090. The van der Waals surface area contributed by atoms with Crippen LogP contribution in [0.5, 0.6) is 17.2 Å². The van der Waals surface area contributed by atoms with Gasteiger partial charge >= 0.3 is 0 Å². The van der Waals surface area contributed by atoms with Crippen LogP contribution in [0.1, 0.15) is 55.6 Å². The Balaban J connectivity index is 1.46. The minimum Gasteiger partial charge on any atom is -0.494 e. The van der Waals surface area contributed by atoms with E-state index in [9.17, 15) is 0 Å². The maximum absolute atomic E-state index is 6.45. The smallest absolute Gasteiger partial charge is 0.213 e. The molecule has 2 heterocycles. The number of nitrogens with zero attached hydrogens (tertiary/aromatic N) is 2. The lowest BCUT2D eigenvalue weighted by molar-refractivity contribution is -0.0190. The first-order valence-corrected chi connectivity index (χ1v) is 11.3. The number of hydrogen-bond donors (Lipinski definition) is 0. The summed E-state index contributed by atoms with van der Waals surface area (Å²) in [4.78, 5) is 0. The van der Waals surface area contributed by atoms with E-state index in [2.05, 4.69) is 48.3 Å². The third-order valence-electron chi connectivity index (χ3n) is 5.84. The Morgan fingerprint density at radius 2 is 1.62 bits per heavy atom. The van der Waals surface area contributed by atoms with Gasteiger partial charge in [0.1, 0.15) is 17.2 Å². The fourth-order valence-corrected chi connectivity index (χ4v) is 4.29. The summed E-state index contributed by atoms with van der Waals surface area (Å²) in [6, 6.07) is 24.8. The van der Waals surface area contributed by atoms with E-state index in [1.165, 1.54) is 5.56 Å². The number of ether oxygens (including phenoxy) is 3. The van der Waals surface area contributed by atoms with Crippen molar-refractivity contribution in [2.24, 2.45) is 5.10 Å². The molecule has 0 spiro atoms. The molecule has 5 nitrogen and oxygen atoms in total. The first-order valence-electron chi connectivity index (χ1n) is 11.3. The van der Waals surface area contributed by atoms with Gasteiger partial charge in [-0.15, -0.1) is 0 Å². The van der Waals surface area contributed by atoms with Crippen molar-refractivity contribution in [2.75, 3.05) is 13.2 Å². The van der Waals surface area contributed by atoms with Gasteiger partial charge < -0.3 is 14.2 Å². The number of benzene rings is 3. The molecular weight excluding hydrogens is 400 g/mol. The van der Waals surface area contributed by atoms with E-state index in [4.69, 9.17) is 19.3 Å². The van der Waals surface area contributed by atoms with Crippen LogP contribution in [0.2, 0.25) is 0 Å². The van der Waals surface area contributed by atoms with Crippen molar-refractivity contribution in [1.82, 2.24) is 5.01 Å². The Kier molecular flexibility index (Phi) is 5.71. The van der Waals surface area contributed by atoms with Crippen molar-refractivity contribution in [1.29, 1.82) is 0 Å². The molecule has 0 bridgehead atoms. The first kappa shape index (κ1) is 20.4. The van der Waals surface area contributed by atoms with Gasteiger partial charge in [0.05, 0.1) is 25.0 Å². The molecule has 2 aliphatic heterocycles. The van der Waals surface area contributed by atoms with E-state index in [0.29, 0.717) is 6.61 Å². The van der Waals surface area contributed by atoms with E-state index in [-0.39, 0.29) is 12.3 Å². The molecule has 2 aliphatic rings. The molecule has 2 atom stereocenters. The SMILES string of the molecule is CCCOc1ccc([C@H]2Oc3ccccc3[C@@H]3CC(c4ccc(OCC)cc4)=NN23)cc1. The molecule has 0 unspecified atom stereocenters. The van der Waals surface area contributed by atoms with Gasteiger partial charge in [0.25, 0.3) is 0 Å². The summed E-state index contributed by atoms with van der Waals surface area (Å²) in [7, 11) is 0. The predicted molar refractivity (Wildman–Crippen MR) is 125 cm³/mol. The second kappa shape index (κ2) is 8.95. The average Bonchev–Trinajstić information content (AvgIpc) is 3.29. The van der Waals surface area contributed by atoms with Gasteiger partial charge in [0.2, 0.25) is 6.23 Å². The highest BCUT2D eigenvalue weighted by Gasteiger charge is 2.40. The second-order valence-electron chi connectivity index (χ2n) is 8.03. The number of hydrazone groups is 1. The van der Waals surface area contributed by atoms with Crippen LogP contribution in [-0.4, -0.2) is 23.9 Å². The highest BCUT2D eigenvalue weighted by molar-refractivity contribution is 6.02. The van der Waals surface area contributed by atoms with Crippen molar-refractivity contribution < 1.29 is 14.2 Å². The summed E-state index contributed by atoms with van der Waals surface area (Å²) < 4.78 is 17.8. The Labute approximate surface area is 189 Å². The standard InChI is InChI=1S/C27H28N2O3/c1-3-17-31-22-15-11-20(12-16-22)27-29-25(23-7-5-6-8-26(23)32-27)18-24(28-29)19-9-13-21(14-10-19)30-4-2/h5-16,25,27H,3-4,17-18H2,1-2H3/t25-,27+/m0/s1. The quantitative estimate of drug-likeness (QED) is 0.455. The monoisotopic (exact) mass is 428 g/mol. The minimum atomic E-state index is -0.282. The second-order valence-corrected chi connectivity index (χ2v) is 8.03. The van der Waals surface area contributed by atoms with E-state index >= 15 is 0 Å². The maximum atomic E-state index is 6.45. The van der Waals surface area contributed by atoms with Crippen LogP contribution in [0.3, 0.4) is 0 Å². The zero-order chi connectivity index (χ0) is 21.9. The Morgan fingerprint density at radius 1 is 0.906 bits per heavy atom. The van der Waals surface area contributed by atoms with Gasteiger partial charge in [-0.2, -0.15) is 5.10 Å². The molecule has 5 rings (SSSR count). The van der Waals surface area contributed by atoms with Gasteiger partial charge in [-0.3, -0.25) is 0 Å². The first-order chi connectivity index (χ1) is 15.8. The van der Waals surface area contributed by atoms with Crippen LogP contribution in [0.4, 0.5) is 0 Å². The maximum Gasteiger partial charge on any atom is 0.213 e. The molecule has 0 aliphatic carbocycles. The van der Waals surface area contributed by atoms with Crippen LogP contribution in [0.25, 0.3) is 0 Å². The van der Waals surface area contributed by atoms with Crippen molar-refractivity contribution in [2.45, 2.75) is 39.0 Å². The third kappa shape index (κ3) is 3.91. The number of rotatable bonds is 7. The average molecular weight is 429 g/mol. The van der Waals surface area contributed by atoms with Gasteiger partial charge in [-0.1, -0.05) is 25.1 Å². The van der Waals surface area contributed by atoms with Gasteiger partial charge in [0.15, 0.2) is 0 Å². The summed E-state index contributed by atoms with van der Waals surface area (Å²) in [5.74, 6) is 2.68. The molecule has 0 amide bonds. The molecule has 0 saturated carbocycles. The number of fused-ring (bicyclic) bond motifs is 3. The van der Waals surface area contributed by atoms with E-state index < -0.39 is 0 Å². The molecule has 0 fully saturated rings. The highest BCUT2D eigenvalue weighted by Crippen LogP contribution is 2.47. The summed E-state index contributed by atoms with van der Waals surface area (Å²) in [6.07, 6.45) is 1.54. The molecule has 3 aromatic carbocycles. The lowest BCUT2D eigenvalue weighted by atomic mass is 9.96. The van der Waals surface area contributed by atoms with Crippen molar-refractivity contribution in [3.8, 4) is 17.2 Å². The molecule has 3 aromatic rings. The normalized spacial score (nSPS) is 18.9. The molecule has 0 N–H and O–H groups in total. The Hall–Kier alpha value is -3.47. The van der Waals surface area contributed by atoms with Gasteiger partial charge in [-0.05, 0) is 73.5 Å². The van der Waals surface area contributed by atoms with Crippen LogP contribution >= 0.6 is 0 Å². The number of hydrogen-bond acceptors (Lipinski definition) is 5. The van der Waals surface area contributed by atoms with E-state index in [0.717, 1.165) is 53.5 Å². The van der Waals surface area contributed by atoms with E-state index in [1.54, 1.807) is 0 Å². The van der Waals surface area contributed by atoms with Crippen LogP contribution in [0, 0.1) is 0 Å². The van der Waals surface area contributed by atoms with Crippen LogP contribution < -0.4 is 14.2 Å². The highest BCUT2D eigenvalue weighted by atomic mass is 16.5. The zero-order valence-electron chi connectivity index (χ0n) is 18.5. The molecule has 164 valence electrons. The summed E-state index contributed by atoms with van der Waals surface area (Å²) in [5, 5.41) is 7.14. The lowest BCUT2D eigenvalue weighted by Gasteiger charge is -2.38. The number of para-hydroxylation sites is 1.